The van der Waals surface area contributed by atoms with Gasteiger partial charge in [-0.3, -0.25) is 0 Å². The van der Waals surface area contributed by atoms with Gasteiger partial charge in [-0.25, -0.2) is 0 Å². The minimum atomic E-state index is -1.09. The molecule has 86 heavy (non-hydrogen) atoms. The Balaban J connectivity index is 1.04. The largest absolute Gasteiger partial charge is 0.459 e. The average Bonchev–Trinajstić information content (AvgIpc) is 1.28. The summed E-state index contributed by atoms with van der Waals surface area (Å²) in [4.78, 5) is 4.86. The summed E-state index contributed by atoms with van der Waals surface area (Å²) in [6, 6.07) is 119. The predicted molar refractivity (Wildman–Crippen MR) is 350 cm³/mol. The van der Waals surface area contributed by atoms with Crippen molar-refractivity contribution in [1.29, 1.82) is 0 Å². The molecule has 2 aliphatic heterocycles. The summed E-state index contributed by atoms with van der Waals surface area (Å²) >= 11 is 0. The molecule has 4 heteroatoms. The number of para-hydroxylation sites is 6. The fourth-order valence-corrected chi connectivity index (χ4v) is 14.4. The quantitative estimate of drug-likeness (QED) is 0.152. The van der Waals surface area contributed by atoms with Crippen molar-refractivity contribution in [1.82, 2.24) is 0 Å². The maximum Gasteiger partial charge on any atom is 0.134 e. The van der Waals surface area contributed by atoms with Crippen molar-refractivity contribution in [2.75, 3.05) is 9.80 Å². The van der Waals surface area contributed by atoms with Gasteiger partial charge in [0.05, 0.1) is 22.7 Å². The van der Waals surface area contributed by atoms with Gasteiger partial charge in [0.2, 0.25) is 0 Å². The van der Waals surface area contributed by atoms with Crippen LogP contribution in [0.2, 0.25) is 0 Å². The van der Waals surface area contributed by atoms with Gasteiger partial charge in [-0.15, -0.1) is 0 Å². The van der Waals surface area contributed by atoms with Crippen LogP contribution in [-0.2, 0) is 10.8 Å². The third-order valence-electron chi connectivity index (χ3n) is 18.0. The summed E-state index contributed by atoms with van der Waals surface area (Å²) in [7, 11) is 0. The first-order valence-electron chi connectivity index (χ1n) is 29.6. The van der Waals surface area contributed by atoms with Gasteiger partial charge in [0.1, 0.15) is 33.9 Å². The van der Waals surface area contributed by atoms with Crippen molar-refractivity contribution in [3.05, 3.63) is 372 Å². The van der Waals surface area contributed by atoms with E-state index < -0.39 is 10.8 Å². The zero-order chi connectivity index (χ0) is 56.8. The Labute approximate surface area is 500 Å². The Morgan fingerprint density at radius 1 is 0.198 bits per heavy atom. The zero-order valence-corrected chi connectivity index (χ0v) is 46.9. The van der Waals surface area contributed by atoms with Crippen molar-refractivity contribution in [3.8, 4) is 67.2 Å². The molecular weight excluding hydrogens is 1040 g/mol. The summed E-state index contributed by atoms with van der Waals surface area (Å²) in [6.07, 6.45) is 0. The Kier molecular flexibility index (Phi) is 11.3. The van der Waals surface area contributed by atoms with Crippen molar-refractivity contribution in [3.63, 3.8) is 0 Å². The average molecular weight is 1100 g/mol. The summed E-state index contributed by atoms with van der Waals surface area (Å²) in [5, 5.41) is 0. The number of rotatable bonds is 8. The third-order valence-corrected chi connectivity index (χ3v) is 18.0. The van der Waals surface area contributed by atoms with Crippen LogP contribution in [-0.4, -0.2) is 0 Å². The lowest BCUT2D eigenvalue weighted by Gasteiger charge is -2.52. The molecule has 14 aromatic rings. The number of hydrogen-bond donors (Lipinski definition) is 0. The molecule has 17 rings (SSSR count). The van der Waals surface area contributed by atoms with E-state index >= 15 is 0 Å². The van der Waals surface area contributed by atoms with Crippen molar-refractivity contribution >= 4 is 34.1 Å². The number of nitrogens with zero attached hydrogens (tertiary/aromatic N) is 2. The van der Waals surface area contributed by atoms with E-state index in [1.807, 2.05) is 0 Å². The number of benzene rings is 12. The second kappa shape index (κ2) is 19.7. The van der Waals surface area contributed by atoms with E-state index in [0.717, 1.165) is 146 Å². The standard InChI is InChI=1S/C82H54N2O2/c1-7-27-55(28-8-1)59-47-60(56-29-9-2-10-30-56)50-63(49-59)77-53-71-79(85-77)82(69-41-21-25-45-75(69)84(66-37-17-6-18-38-66)76-46-26-22-42-70(76)82)72-54-78(64-51-61(57-31-11-3-12-32-57)48-62(52-64)58-33-13-4-14-34-58)86-80(72)81(71)67-39-19-23-43-73(67)83(65-35-15-5-16-36-65)74-44-24-20-40-68(74)81/h1-54H. The SMILES string of the molecule is c1ccc(-c2cc(-c3ccccc3)cc(-c3cc4c(o3)C3(c5ccccc5N(c5ccccc5)c5ccccc53)c3cc(-c5cc(-c6ccccc6)cc(-c6ccccc6)c5)oc3C43c4ccccc4N(c4ccccc4)c4ccccc43)c2)cc1. The highest BCUT2D eigenvalue weighted by molar-refractivity contribution is 5.96. The Hall–Kier alpha value is -11.2. The molecular formula is C82H54N2O2. The van der Waals surface area contributed by atoms with Crippen LogP contribution in [0.3, 0.4) is 0 Å². The molecule has 0 N–H and O–H groups in total. The van der Waals surface area contributed by atoms with Gasteiger partial charge in [0, 0.05) is 33.6 Å². The predicted octanol–water partition coefficient (Wildman–Crippen LogP) is 21.5. The molecule has 0 atom stereocenters. The van der Waals surface area contributed by atoms with E-state index in [1.54, 1.807) is 0 Å². The highest BCUT2D eigenvalue weighted by atomic mass is 16.4. The Bertz CT molecular complexity index is 4310. The third kappa shape index (κ3) is 7.43. The Morgan fingerprint density at radius 3 is 0.709 bits per heavy atom. The fourth-order valence-electron chi connectivity index (χ4n) is 14.4. The first kappa shape index (κ1) is 49.4. The van der Waals surface area contributed by atoms with E-state index in [4.69, 9.17) is 8.83 Å². The zero-order valence-electron chi connectivity index (χ0n) is 46.9. The van der Waals surface area contributed by atoms with Gasteiger partial charge in [0.25, 0.3) is 0 Å². The number of anilines is 6. The highest BCUT2D eigenvalue weighted by Crippen LogP contribution is 2.70. The lowest BCUT2D eigenvalue weighted by Crippen LogP contribution is -2.48. The monoisotopic (exact) mass is 1100 g/mol. The second-order valence-corrected chi connectivity index (χ2v) is 22.7. The topological polar surface area (TPSA) is 32.8 Å². The molecule has 4 heterocycles. The van der Waals surface area contributed by atoms with Crippen LogP contribution < -0.4 is 9.80 Å². The maximum atomic E-state index is 8.24. The van der Waals surface area contributed by atoms with Crippen LogP contribution >= 0.6 is 0 Å². The van der Waals surface area contributed by atoms with Gasteiger partial charge in [-0.2, -0.15) is 0 Å². The molecule has 0 fully saturated rings. The van der Waals surface area contributed by atoms with Gasteiger partial charge in [0.15, 0.2) is 0 Å². The fraction of sp³-hybridized carbons (Fsp3) is 0.0244. The molecule has 2 aromatic heterocycles. The molecule has 404 valence electrons. The van der Waals surface area contributed by atoms with Crippen LogP contribution in [0.1, 0.15) is 44.9 Å². The van der Waals surface area contributed by atoms with Gasteiger partial charge < -0.3 is 18.6 Å². The molecule has 1 aliphatic carbocycles. The molecule has 0 unspecified atom stereocenters. The number of hydrogen-bond acceptors (Lipinski definition) is 4. The van der Waals surface area contributed by atoms with Crippen LogP contribution in [0, 0.1) is 0 Å². The van der Waals surface area contributed by atoms with Crippen molar-refractivity contribution in [2.24, 2.45) is 0 Å². The molecule has 0 amide bonds. The number of fused-ring (bicyclic) bond motifs is 14. The van der Waals surface area contributed by atoms with E-state index in [1.165, 1.54) is 0 Å². The van der Waals surface area contributed by atoms with Crippen LogP contribution in [0.15, 0.2) is 336 Å². The molecule has 0 saturated carbocycles. The van der Waals surface area contributed by atoms with E-state index in [-0.39, 0.29) is 0 Å². The molecule has 12 aromatic carbocycles. The first-order valence-corrected chi connectivity index (χ1v) is 29.6. The normalized spacial score (nSPS) is 13.7. The first-order chi connectivity index (χ1) is 42.6. The minimum absolute atomic E-state index is 0.762. The lowest BCUT2D eigenvalue weighted by atomic mass is 9.53. The van der Waals surface area contributed by atoms with Crippen molar-refractivity contribution < 1.29 is 8.83 Å². The summed E-state index contributed by atoms with van der Waals surface area (Å²) < 4.78 is 16.5. The molecule has 0 bridgehead atoms. The molecule has 2 spiro atoms. The molecule has 0 radical (unpaired) electrons. The summed E-state index contributed by atoms with van der Waals surface area (Å²) in [5.74, 6) is 3.20. The smallest absolute Gasteiger partial charge is 0.134 e. The number of furan rings is 2. The van der Waals surface area contributed by atoms with E-state index in [0.29, 0.717) is 0 Å². The Morgan fingerprint density at radius 2 is 0.430 bits per heavy atom. The lowest BCUT2D eigenvalue weighted by molar-refractivity contribution is 0.400. The van der Waals surface area contributed by atoms with Gasteiger partial charge in [-0.05, 0) is 164 Å². The molecule has 3 aliphatic rings. The summed E-state index contributed by atoms with van der Waals surface area (Å²) in [6.45, 7) is 0. The highest BCUT2D eigenvalue weighted by Gasteiger charge is 2.63. The summed E-state index contributed by atoms with van der Waals surface area (Å²) in [5.41, 5.74) is 21.4. The second-order valence-electron chi connectivity index (χ2n) is 22.7. The maximum absolute atomic E-state index is 8.24. The van der Waals surface area contributed by atoms with Gasteiger partial charge >= 0.3 is 0 Å². The molecule has 0 saturated heterocycles. The van der Waals surface area contributed by atoms with E-state index in [2.05, 4.69) is 337 Å². The van der Waals surface area contributed by atoms with Crippen LogP contribution in [0.5, 0.6) is 0 Å². The van der Waals surface area contributed by atoms with Crippen LogP contribution in [0.4, 0.5) is 34.1 Å². The van der Waals surface area contributed by atoms with Crippen molar-refractivity contribution in [2.45, 2.75) is 10.8 Å². The van der Waals surface area contributed by atoms with E-state index in [9.17, 15) is 0 Å². The van der Waals surface area contributed by atoms with Crippen LogP contribution in [0.25, 0.3) is 67.2 Å². The minimum Gasteiger partial charge on any atom is -0.459 e. The molecule has 4 nitrogen and oxygen atoms in total. The van der Waals surface area contributed by atoms with Gasteiger partial charge in [-0.1, -0.05) is 231 Å².